The summed E-state index contributed by atoms with van der Waals surface area (Å²) >= 11 is 0. The molecule has 2 unspecified atom stereocenters. The summed E-state index contributed by atoms with van der Waals surface area (Å²) in [6.45, 7) is 4.43. The molecule has 1 aliphatic heterocycles. The van der Waals surface area contributed by atoms with Crippen LogP contribution in [0.15, 0.2) is 4.99 Å². The third-order valence-corrected chi connectivity index (χ3v) is 3.51. The van der Waals surface area contributed by atoms with Crippen LogP contribution < -0.4 is 10.9 Å². The van der Waals surface area contributed by atoms with E-state index in [4.69, 9.17) is 4.99 Å². The van der Waals surface area contributed by atoms with Gasteiger partial charge in [0, 0.05) is 12.0 Å². The lowest BCUT2D eigenvalue weighted by Crippen LogP contribution is -2.30. The van der Waals surface area contributed by atoms with Crippen molar-refractivity contribution in [1.29, 1.82) is 0 Å². The van der Waals surface area contributed by atoms with E-state index in [0.29, 0.717) is 18.0 Å². The Morgan fingerprint density at radius 3 is 2.43 bits per heavy atom. The highest BCUT2D eigenvalue weighted by Gasteiger charge is 2.26. The van der Waals surface area contributed by atoms with Gasteiger partial charge < -0.3 is 5.43 Å². The minimum atomic E-state index is 0.511. The lowest BCUT2D eigenvalue weighted by atomic mass is 9.95. The van der Waals surface area contributed by atoms with Crippen LogP contribution in [0.4, 0.5) is 0 Å². The second-order valence-corrected chi connectivity index (χ2v) is 4.65. The fourth-order valence-corrected chi connectivity index (χ4v) is 2.22. The fourth-order valence-electron chi connectivity index (χ4n) is 2.22. The quantitative estimate of drug-likeness (QED) is 0.670. The van der Waals surface area contributed by atoms with E-state index in [1.54, 1.807) is 0 Å². The van der Waals surface area contributed by atoms with Crippen LogP contribution in [0.5, 0.6) is 0 Å². The molecule has 80 valence electrons. The Hall–Kier alpha value is -0.570. The summed E-state index contributed by atoms with van der Waals surface area (Å²) in [6, 6.07) is 1.10. The number of aliphatic imine (C=N–C) groups is 1. The average molecular weight is 195 g/mol. The van der Waals surface area contributed by atoms with Crippen LogP contribution in [-0.4, -0.2) is 17.9 Å². The summed E-state index contributed by atoms with van der Waals surface area (Å²) in [4.78, 5) is 4.81. The molecule has 0 aromatic rings. The van der Waals surface area contributed by atoms with Gasteiger partial charge in [-0.05, 0) is 19.8 Å². The first-order chi connectivity index (χ1) is 6.77. The Balaban J connectivity index is 1.95. The summed E-state index contributed by atoms with van der Waals surface area (Å²) in [5, 5.41) is 0. The smallest absolute Gasteiger partial charge is 0.115 e. The van der Waals surface area contributed by atoms with E-state index in [2.05, 4.69) is 24.7 Å². The maximum atomic E-state index is 4.81. The predicted molar refractivity (Wildman–Crippen MR) is 59.2 cm³/mol. The molecule has 2 N–H and O–H groups in total. The normalized spacial score (nSPS) is 37.4. The van der Waals surface area contributed by atoms with Crippen LogP contribution in [0.3, 0.4) is 0 Å². The van der Waals surface area contributed by atoms with Crippen molar-refractivity contribution in [3.63, 3.8) is 0 Å². The Kier molecular flexibility index (Phi) is 3.06. The standard InChI is InChI=1S/C11H21N3/c1-8-9(2)13-14-11(8)12-10-6-4-3-5-7-10/h8-10,13H,3-7H2,1-2H3,(H,12,14). The van der Waals surface area contributed by atoms with E-state index < -0.39 is 0 Å². The van der Waals surface area contributed by atoms with E-state index in [0.717, 1.165) is 0 Å². The van der Waals surface area contributed by atoms with Crippen molar-refractivity contribution < 1.29 is 0 Å². The summed E-state index contributed by atoms with van der Waals surface area (Å²) < 4.78 is 0. The SMILES string of the molecule is CC1NNC(=NC2CCCCC2)C1C. The highest BCUT2D eigenvalue weighted by atomic mass is 15.4. The van der Waals surface area contributed by atoms with Crippen LogP contribution in [-0.2, 0) is 0 Å². The molecule has 0 aromatic carbocycles. The van der Waals surface area contributed by atoms with Crippen molar-refractivity contribution in [2.45, 2.75) is 58.0 Å². The number of rotatable bonds is 1. The number of hydrogen-bond acceptors (Lipinski definition) is 2. The molecule has 0 radical (unpaired) electrons. The zero-order valence-electron chi connectivity index (χ0n) is 9.21. The second kappa shape index (κ2) is 4.30. The molecule has 3 nitrogen and oxygen atoms in total. The van der Waals surface area contributed by atoms with E-state index >= 15 is 0 Å². The molecule has 2 atom stereocenters. The van der Waals surface area contributed by atoms with Crippen LogP contribution in [0.25, 0.3) is 0 Å². The molecule has 0 amide bonds. The highest BCUT2D eigenvalue weighted by molar-refractivity contribution is 5.86. The van der Waals surface area contributed by atoms with E-state index in [1.165, 1.54) is 37.9 Å². The molecular formula is C11H21N3. The molecular weight excluding hydrogens is 174 g/mol. The first kappa shape index (κ1) is 9.97. The summed E-state index contributed by atoms with van der Waals surface area (Å²) in [5.41, 5.74) is 6.43. The van der Waals surface area contributed by atoms with Crippen molar-refractivity contribution in [3.05, 3.63) is 0 Å². The third-order valence-electron chi connectivity index (χ3n) is 3.51. The Bertz CT molecular complexity index is 219. The number of nitrogens with zero attached hydrogens (tertiary/aromatic N) is 1. The lowest BCUT2D eigenvalue weighted by Gasteiger charge is -2.19. The van der Waals surface area contributed by atoms with E-state index in [-0.39, 0.29) is 0 Å². The van der Waals surface area contributed by atoms with Crippen molar-refractivity contribution >= 4 is 5.84 Å². The third kappa shape index (κ3) is 2.08. The summed E-state index contributed by atoms with van der Waals surface area (Å²) in [5.74, 6) is 1.71. The van der Waals surface area contributed by atoms with Crippen LogP contribution in [0, 0.1) is 5.92 Å². The van der Waals surface area contributed by atoms with Crippen LogP contribution in [0.2, 0.25) is 0 Å². The summed E-state index contributed by atoms with van der Waals surface area (Å²) in [6.07, 6.45) is 6.69. The lowest BCUT2D eigenvalue weighted by molar-refractivity contribution is 0.441. The van der Waals surface area contributed by atoms with E-state index in [1.807, 2.05) is 0 Å². The molecule has 1 saturated carbocycles. The fraction of sp³-hybridized carbons (Fsp3) is 0.909. The number of nitrogens with one attached hydrogen (secondary N) is 2. The molecule has 2 aliphatic rings. The van der Waals surface area contributed by atoms with Gasteiger partial charge >= 0.3 is 0 Å². The Labute approximate surface area is 86.3 Å². The van der Waals surface area contributed by atoms with Crippen molar-refractivity contribution in [1.82, 2.24) is 10.9 Å². The van der Waals surface area contributed by atoms with E-state index in [9.17, 15) is 0 Å². The highest BCUT2D eigenvalue weighted by Crippen LogP contribution is 2.21. The molecule has 2 rings (SSSR count). The van der Waals surface area contributed by atoms with Gasteiger partial charge in [0.25, 0.3) is 0 Å². The number of hydrazine groups is 1. The average Bonchev–Trinajstić information content (AvgIpc) is 2.52. The molecule has 0 bridgehead atoms. The first-order valence-corrected chi connectivity index (χ1v) is 5.86. The molecule has 2 fully saturated rings. The first-order valence-electron chi connectivity index (χ1n) is 5.86. The number of hydrogen-bond donors (Lipinski definition) is 2. The van der Waals surface area contributed by atoms with Crippen LogP contribution >= 0.6 is 0 Å². The minimum absolute atomic E-state index is 0.511. The number of amidine groups is 1. The monoisotopic (exact) mass is 195 g/mol. The molecule has 0 aromatic heterocycles. The Morgan fingerprint density at radius 1 is 1.14 bits per heavy atom. The maximum Gasteiger partial charge on any atom is 0.115 e. The largest absolute Gasteiger partial charge is 0.309 e. The van der Waals surface area contributed by atoms with Gasteiger partial charge in [0.15, 0.2) is 0 Å². The molecule has 3 heteroatoms. The topological polar surface area (TPSA) is 36.4 Å². The zero-order chi connectivity index (χ0) is 9.97. The second-order valence-electron chi connectivity index (χ2n) is 4.65. The van der Waals surface area contributed by atoms with Gasteiger partial charge in [-0.25, -0.2) is 5.43 Å². The van der Waals surface area contributed by atoms with Gasteiger partial charge in [-0.2, -0.15) is 0 Å². The summed E-state index contributed by atoms with van der Waals surface area (Å²) in [7, 11) is 0. The van der Waals surface area contributed by atoms with Gasteiger partial charge in [0.1, 0.15) is 5.84 Å². The molecule has 1 heterocycles. The molecule has 1 aliphatic carbocycles. The molecule has 1 saturated heterocycles. The zero-order valence-corrected chi connectivity index (χ0v) is 9.21. The van der Waals surface area contributed by atoms with Crippen molar-refractivity contribution in [2.24, 2.45) is 10.9 Å². The van der Waals surface area contributed by atoms with Crippen molar-refractivity contribution in [3.8, 4) is 0 Å². The Morgan fingerprint density at radius 2 is 1.86 bits per heavy atom. The predicted octanol–water partition coefficient (Wildman–Crippen LogP) is 1.85. The molecule has 0 spiro atoms. The van der Waals surface area contributed by atoms with Gasteiger partial charge in [0.05, 0.1) is 6.04 Å². The van der Waals surface area contributed by atoms with Gasteiger partial charge in [-0.3, -0.25) is 4.99 Å². The van der Waals surface area contributed by atoms with Gasteiger partial charge in [-0.15, -0.1) is 0 Å². The van der Waals surface area contributed by atoms with Crippen molar-refractivity contribution in [2.75, 3.05) is 0 Å². The molecule has 14 heavy (non-hydrogen) atoms. The maximum absolute atomic E-state index is 4.81. The minimum Gasteiger partial charge on any atom is -0.309 e. The van der Waals surface area contributed by atoms with Gasteiger partial charge in [-0.1, -0.05) is 26.2 Å². The van der Waals surface area contributed by atoms with Crippen LogP contribution in [0.1, 0.15) is 46.0 Å². The van der Waals surface area contributed by atoms with Gasteiger partial charge in [0.2, 0.25) is 0 Å².